The van der Waals surface area contributed by atoms with Gasteiger partial charge in [0, 0.05) is 29.0 Å². The SMILES string of the molecule is Cc1cc(Br)ccc1C(=O)N1CCC(C2OCCO2)CC1. The van der Waals surface area contributed by atoms with Crippen molar-refractivity contribution in [3.63, 3.8) is 0 Å². The van der Waals surface area contributed by atoms with E-state index >= 15 is 0 Å². The Morgan fingerprint density at radius 1 is 1.24 bits per heavy atom. The van der Waals surface area contributed by atoms with E-state index in [9.17, 15) is 4.79 Å². The van der Waals surface area contributed by atoms with Crippen molar-refractivity contribution < 1.29 is 14.3 Å². The van der Waals surface area contributed by atoms with Crippen LogP contribution in [-0.2, 0) is 9.47 Å². The smallest absolute Gasteiger partial charge is 0.254 e. The average Bonchev–Trinajstić information content (AvgIpc) is 3.01. The summed E-state index contributed by atoms with van der Waals surface area (Å²) in [5, 5.41) is 0. The van der Waals surface area contributed by atoms with E-state index in [4.69, 9.17) is 9.47 Å². The summed E-state index contributed by atoms with van der Waals surface area (Å²) in [4.78, 5) is 14.6. The summed E-state index contributed by atoms with van der Waals surface area (Å²) in [6.07, 6.45) is 1.84. The molecule has 1 amide bonds. The van der Waals surface area contributed by atoms with Crippen LogP contribution in [0.15, 0.2) is 22.7 Å². The first-order valence-electron chi connectivity index (χ1n) is 7.44. The molecule has 0 N–H and O–H groups in total. The molecule has 0 spiro atoms. The van der Waals surface area contributed by atoms with Crippen LogP contribution < -0.4 is 0 Å². The first kappa shape index (κ1) is 15.0. The number of aryl methyl sites for hydroxylation is 1. The van der Waals surface area contributed by atoms with Gasteiger partial charge in [-0.05, 0) is 43.5 Å². The summed E-state index contributed by atoms with van der Waals surface area (Å²) in [5.41, 5.74) is 1.81. The van der Waals surface area contributed by atoms with Gasteiger partial charge >= 0.3 is 0 Å². The third kappa shape index (κ3) is 3.30. The van der Waals surface area contributed by atoms with Gasteiger partial charge in [0.15, 0.2) is 6.29 Å². The van der Waals surface area contributed by atoms with Crippen molar-refractivity contribution in [3.8, 4) is 0 Å². The number of hydrogen-bond donors (Lipinski definition) is 0. The van der Waals surface area contributed by atoms with E-state index < -0.39 is 0 Å². The molecule has 2 fully saturated rings. The van der Waals surface area contributed by atoms with Crippen molar-refractivity contribution in [2.75, 3.05) is 26.3 Å². The van der Waals surface area contributed by atoms with Gasteiger partial charge in [-0.1, -0.05) is 15.9 Å². The van der Waals surface area contributed by atoms with E-state index in [0.29, 0.717) is 19.1 Å². The van der Waals surface area contributed by atoms with Crippen LogP contribution in [-0.4, -0.2) is 43.4 Å². The molecule has 0 radical (unpaired) electrons. The summed E-state index contributed by atoms with van der Waals surface area (Å²) < 4.78 is 12.2. The Kier molecular flexibility index (Phi) is 4.62. The van der Waals surface area contributed by atoms with Crippen LogP contribution in [0, 0.1) is 12.8 Å². The maximum Gasteiger partial charge on any atom is 0.254 e. The van der Waals surface area contributed by atoms with Crippen LogP contribution in [0.2, 0.25) is 0 Å². The molecular weight excluding hydrogens is 334 g/mol. The van der Waals surface area contributed by atoms with Gasteiger partial charge in [-0.2, -0.15) is 0 Å². The highest BCUT2D eigenvalue weighted by molar-refractivity contribution is 9.10. The molecule has 3 rings (SSSR count). The lowest BCUT2D eigenvalue weighted by atomic mass is 9.95. The zero-order chi connectivity index (χ0) is 14.8. The number of carbonyl (C=O) groups excluding carboxylic acids is 1. The molecule has 2 aliphatic heterocycles. The van der Waals surface area contributed by atoms with Crippen LogP contribution >= 0.6 is 15.9 Å². The van der Waals surface area contributed by atoms with Crippen LogP contribution in [0.1, 0.15) is 28.8 Å². The Bertz CT molecular complexity index is 520. The van der Waals surface area contributed by atoms with Crippen LogP contribution in [0.3, 0.4) is 0 Å². The highest BCUT2D eigenvalue weighted by atomic mass is 79.9. The normalized spacial score (nSPS) is 21.0. The molecule has 21 heavy (non-hydrogen) atoms. The highest BCUT2D eigenvalue weighted by Crippen LogP contribution is 2.27. The summed E-state index contributed by atoms with van der Waals surface area (Å²) in [6, 6.07) is 5.81. The Morgan fingerprint density at radius 3 is 2.52 bits per heavy atom. The van der Waals surface area contributed by atoms with E-state index in [-0.39, 0.29) is 12.2 Å². The number of hydrogen-bond acceptors (Lipinski definition) is 3. The summed E-state index contributed by atoms with van der Waals surface area (Å²) >= 11 is 3.43. The van der Waals surface area contributed by atoms with Crippen molar-refractivity contribution >= 4 is 21.8 Å². The van der Waals surface area contributed by atoms with Crippen molar-refractivity contribution in [3.05, 3.63) is 33.8 Å². The molecule has 0 atom stereocenters. The lowest BCUT2D eigenvalue weighted by Gasteiger charge is -2.34. The lowest BCUT2D eigenvalue weighted by Crippen LogP contribution is -2.41. The van der Waals surface area contributed by atoms with Crippen LogP contribution in [0.5, 0.6) is 0 Å². The van der Waals surface area contributed by atoms with Crippen LogP contribution in [0.4, 0.5) is 0 Å². The number of ether oxygens (including phenoxy) is 2. The zero-order valence-electron chi connectivity index (χ0n) is 12.2. The Hall–Kier alpha value is -0.910. The number of likely N-dealkylation sites (tertiary alicyclic amines) is 1. The molecule has 0 unspecified atom stereocenters. The van der Waals surface area contributed by atoms with Gasteiger partial charge in [-0.3, -0.25) is 4.79 Å². The molecule has 4 nitrogen and oxygen atoms in total. The van der Waals surface area contributed by atoms with Crippen LogP contribution in [0.25, 0.3) is 0 Å². The van der Waals surface area contributed by atoms with Gasteiger partial charge in [-0.25, -0.2) is 0 Å². The Labute approximate surface area is 133 Å². The number of nitrogens with zero attached hydrogens (tertiary/aromatic N) is 1. The molecule has 2 heterocycles. The van der Waals surface area contributed by atoms with E-state index in [0.717, 1.165) is 41.5 Å². The molecule has 2 saturated heterocycles. The average molecular weight is 354 g/mol. The van der Waals surface area contributed by atoms with Gasteiger partial charge in [0.25, 0.3) is 5.91 Å². The van der Waals surface area contributed by atoms with Gasteiger partial charge < -0.3 is 14.4 Å². The molecule has 5 heteroatoms. The zero-order valence-corrected chi connectivity index (χ0v) is 13.8. The van der Waals surface area contributed by atoms with Crippen molar-refractivity contribution in [2.24, 2.45) is 5.92 Å². The van der Waals surface area contributed by atoms with Crippen molar-refractivity contribution in [1.29, 1.82) is 0 Å². The fourth-order valence-corrected chi connectivity index (χ4v) is 3.54. The number of carbonyl (C=O) groups is 1. The Balaban J connectivity index is 1.62. The fourth-order valence-electron chi connectivity index (χ4n) is 3.06. The quantitative estimate of drug-likeness (QED) is 0.820. The van der Waals surface area contributed by atoms with Gasteiger partial charge in [0.05, 0.1) is 13.2 Å². The van der Waals surface area contributed by atoms with Crippen molar-refractivity contribution in [2.45, 2.75) is 26.1 Å². The fraction of sp³-hybridized carbons (Fsp3) is 0.562. The lowest BCUT2D eigenvalue weighted by molar-refractivity contribution is -0.0956. The minimum atomic E-state index is -0.0586. The highest BCUT2D eigenvalue weighted by Gasteiger charge is 2.32. The van der Waals surface area contributed by atoms with E-state index in [2.05, 4.69) is 15.9 Å². The largest absolute Gasteiger partial charge is 0.350 e. The van der Waals surface area contributed by atoms with E-state index in [1.807, 2.05) is 30.0 Å². The number of piperidine rings is 1. The maximum absolute atomic E-state index is 12.6. The number of rotatable bonds is 2. The minimum Gasteiger partial charge on any atom is -0.350 e. The third-order valence-electron chi connectivity index (χ3n) is 4.28. The second-order valence-electron chi connectivity index (χ2n) is 5.70. The number of benzene rings is 1. The third-order valence-corrected chi connectivity index (χ3v) is 4.77. The molecule has 0 saturated carbocycles. The van der Waals surface area contributed by atoms with E-state index in [1.165, 1.54) is 0 Å². The second-order valence-corrected chi connectivity index (χ2v) is 6.61. The predicted molar refractivity (Wildman–Crippen MR) is 83.2 cm³/mol. The summed E-state index contributed by atoms with van der Waals surface area (Å²) in [6.45, 7) is 4.93. The van der Waals surface area contributed by atoms with Gasteiger partial charge in [0.2, 0.25) is 0 Å². The van der Waals surface area contributed by atoms with Gasteiger partial charge in [0.1, 0.15) is 0 Å². The monoisotopic (exact) mass is 353 g/mol. The molecule has 0 bridgehead atoms. The molecule has 114 valence electrons. The summed E-state index contributed by atoms with van der Waals surface area (Å²) in [5.74, 6) is 0.550. The number of amides is 1. The second kappa shape index (κ2) is 6.46. The standard InChI is InChI=1S/C16H20BrNO3/c1-11-10-13(17)2-3-14(11)15(19)18-6-4-12(5-7-18)16-20-8-9-21-16/h2-3,10,12,16H,4-9H2,1H3. The molecule has 0 aliphatic carbocycles. The van der Waals surface area contributed by atoms with Crippen molar-refractivity contribution in [1.82, 2.24) is 4.90 Å². The molecule has 1 aromatic carbocycles. The first-order chi connectivity index (χ1) is 10.1. The first-order valence-corrected chi connectivity index (χ1v) is 8.23. The predicted octanol–water partition coefficient (Wildman–Crippen LogP) is 2.98. The maximum atomic E-state index is 12.6. The minimum absolute atomic E-state index is 0.0586. The molecule has 1 aromatic rings. The topological polar surface area (TPSA) is 38.8 Å². The molecular formula is C16H20BrNO3. The van der Waals surface area contributed by atoms with Gasteiger partial charge in [-0.15, -0.1) is 0 Å². The van der Waals surface area contributed by atoms with E-state index in [1.54, 1.807) is 0 Å². The number of halogens is 1. The molecule has 2 aliphatic rings. The summed E-state index contributed by atoms with van der Waals surface area (Å²) in [7, 11) is 0. The Morgan fingerprint density at radius 2 is 1.90 bits per heavy atom. The molecule has 0 aromatic heterocycles.